The number of benzene rings is 2. The molecule has 2 atom stereocenters. The van der Waals surface area contributed by atoms with Crippen LogP contribution in [0.3, 0.4) is 0 Å². The number of hydrogen-bond donors (Lipinski definition) is 1. The molecule has 0 saturated heterocycles. The van der Waals surface area contributed by atoms with Crippen molar-refractivity contribution >= 4 is 17.2 Å². The Labute approximate surface area is 133 Å². The maximum absolute atomic E-state index is 16.0. The molecule has 4 heteroatoms. The Hall–Kier alpha value is -2.75. The molecule has 1 N–H and O–H groups in total. The van der Waals surface area contributed by atoms with Gasteiger partial charge in [0.05, 0.1) is 11.4 Å². The first-order chi connectivity index (χ1) is 11.1. The minimum Gasteiger partial charge on any atom is -0.508 e. The van der Waals surface area contributed by atoms with Gasteiger partial charge in [-0.1, -0.05) is 37.3 Å². The largest absolute Gasteiger partial charge is 0.508 e. The number of halogens is 1. The van der Waals surface area contributed by atoms with Crippen molar-refractivity contribution < 1.29 is 14.3 Å². The standard InChI is InChI=1S/C19H16FNO2/c1-13(12-22)19(20,15-6-8-17(23)9-7-15)16-10-14-4-2-3-5-18(14)21-11-16/h2-13,23H,1H3. The number of hydrogen-bond acceptors (Lipinski definition) is 3. The smallest absolute Gasteiger partial charge is 0.171 e. The van der Waals surface area contributed by atoms with Gasteiger partial charge in [0.15, 0.2) is 5.67 Å². The van der Waals surface area contributed by atoms with Crippen molar-refractivity contribution in [2.24, 2.45) is 5.92 Å². The summed E-state index contributed by atoms with van der Waals surface area (Å²) in [6, 6.07) is 15.0. The zero-order valence-electron chi connectivity index (χ0n) is 12.6. The molecule has 2 unspecified atom stereocenters. The molecule has 0 saturated carbocycles. The zero-order valence-corrected chi connectivity index (χ0v) is 12.6. The third kappa shape index (κ3) is 2.57. The molecule has 23 heavy (non-hydrogen) atoms. The number of aromatic hydroxyl groups is 1. The fourth-order valence-electron chi connectivity index (χ4n) is 2.76. The first-order valence-corrected chi connectivity index (χ1v) is 7.34. The Morgan fingerprint density at radius 3 is 2.52 bits per heavy atom. The summed E-state index contributed by atoms with van der Waals surface area (Å²) < 4.78 is 16.0. The van der Waals surface area contributed by atoms with Crippen LogP contribution in [0.25, 0.3) is 10.9 Å². The lowest BCUT2D eigenvalue weighted by atomic mass is 9.79. The second-order valence-corrected chi connectivity index (χ2v) is 5.60. The number of aldehydes is 1. The number of carbonyl (C=O) groups is 1. The summed E-state index contributed by atoms with van der Waals surface area (Å²) in [6.45, 7) is 1.54. The Morgan fingerprint density at radius 1 is 1.13 bits per heavy atom. The van der Waals surface area contributed by atoms with E-state index in [0.717, 1.165) is 10.9 Å². The summed E-state index contributed by atoms with van der Waals surface area (Å²) in [7, 11) is 0. The van der Waals surface area contributed by atoms with Gasteiger partial charge in [-0.25, -0.2) is 4.39 Å². The predicted octanol–water partition coefficient (Wildman–Crippen LogP) is 3.99. The number of pyridine rings is 1. The van der Waals surface area contributed by atoms with E-state index in [2.05, 4.69) is 4.98 Å². The highest BCUT2D eigenvalue weighted by atomic mass is 19.1. The number of rotatable bonds is 4. The number of alkyl halides is 1. The second-order valence-electron chi connectivity index (χ2n) is 5.60. The van der Waals surface area contributed by atoms with E-state index >= 15 is 4.39 Å². The molecule has 0 aliphatic heterocycles. The predicted molar refractivity (Wildman–Crippen MR) is 87.0 cm³/mol. The van der Waals surface area contributed by atoms with Crippen LogP contribution >= 0.6 is 0 Å². The first-order valence-electron chi connectivity index (χ1n) is 7.34. The van der Waals surface area contributed by atoms with Gasteiger partial charge in [0.1, 0.15) is 12.0 Å². The van der Waals surface area contributed by atoms with Crippen LogP contribution in [0.5, 0.6) is 5.75 Å². The molecule has 0 fully saturated rings. The number of para-hydroxylation sites is 1. The summed E-state index contributed by atoms with van der Waals surface area (Å²) in [4.78, 5) is 15.6. The number of nitrogens with zero attached hydrogens (tertiary/aromatic N) is 1. The van der Waals surface area contributed by atoms with Crippen LogP contribution in [-0.4, -0.2) is 16.4 Å². The fourth-order valence-corrected chi connectivity index (χ4v) is 2.76. The monoisotopic (exact) mass is 309 g/mol. The van der Waals surface area contributed by atoms with Gasteiger partial charge in [-0.05, 0) is 29.8 Å². The lowest BCUT2D eigenvalue weighted by Gasteiger charge is -2.29. The molecule has 3 rings (SSSR count). The van der Waals surface area contributed by atoms with E-state index in [1.54, 1.807) is 6.07 Å². The van der Waals surface area contributed by atoms with Crippen LogP contribution in [-0.2, 0) is 10.5 Å². The molecule has 0 bridgehead atoms. The summed E-state index contributed by atoms with van der Waals surface area (Å²) in [6.07, 6.45) is 2.07. The Balaban J connectivity index is 2.21. The zero-order chi connectivity index (χ0) is 16.4. The molecule has 0 amide bonds. The highest BCUT2D eigenvalue weighted by Crippen LogP contribution is 2.41. The number of phenolic OH excluding ortho intramolecular Hbond substituents is 1. The van der Waals surface area contributed by atoms with Gasteiger partial charge in [0.25, 0.3) is 0 Å². The van der Waals surface area contributed by atoms with Crippen LogP contribution < -0.4 is 0 Å². The number of fused-ring (bicyclic) bond motifs is 1. The Bertz CT molecular complexity index is 847. The average molecular weight is 309 g/mol. The SMILES string of the molecule is CC(C=O)C(F)(c1ccc(O)cc1)c1cnc2ccccc2c1. The van der Waals surface area contributed by atoms with E-state index in [-0.39, 0.29) is 5.75 Å². The van der Waals surface area contributed by atoms with Crippen molar-refractivity contribution in [2.75, 3.05) is 0 Å². The van der Waals surface area contributed by atoms with Gasteiger partial charge >= 0.3 is 0 Å². The lowest BCUT2D eigenvalue weighted by molar-refractivity contribution is -0.114. The number of phenols is 1. The fraction of sp³-hybridized carbons (Fsp3) is 0.158. The Kier molecular flexibility index (Phi) is 3.82. The second kappa shape index (κ2) is 5.80. The Morgan fingerprint density at radius 2 is 1.83 bits per heavy atom. The quantitative estimate of drug-likeness (QED) is 0.741. The molecule has 0 radical (unpaired) electrons. The molecular weight excluding hydrogens is 293 g/mol. The molecule has 3 aromatic rings. The number of carbonyl (C=O) groups excluding carboxylic acids is 1. The highest BCUT2D eigenvalue weighted by Gasteiger charge is 2.40. The van der Waals surface area contributed by atoms with Crippen molar-refractivity contribution in [1.29, 1.82) is 0 Å². The molecule has 3 nitrogen and oxygen atoms in total. The van der Waals surface area contributed by atoms with E-state index in [1.807, 2.05) is 24.3 Å². The van der Waals surface area contributed by atoms with Crippen LogP contribution in [0.2, 0.25) is 0 Å². The minimum atomic E-state index is -2.01. The third-order valence-corrected chi connectivity index (χ3v) is 4.13. The summed E-state index contributed by atoms with van der Waals surface area (Å²) in [5.74, 6) is -0.846. The number of aromatic nitrogens is 1. The molecule has 116 valence electrons. The van der Waals surface area contributed by atoms with Gasteiger partial charge in [-0.3, -0.25) is 4.98 Å². The topological polar surface area (TPSA) is 50.2 Å². The molecule has 2 aromatic carbocycles. The van der Waals surface area contributed by atoms with Gasteiger partial charge in [0.2, 0.25) is 0 Å². The van der Waals surface area contributed by atoms with Crippen LogP contribution in [0.1, 0.15) is 18.1 Å². The summed E-state index contributed by atoms with van der Waals surface area (Å²) >= 11 is 0. The highest BCUT2D eigenvalue weighted by molar-refractivity contribution is 5.79. The molecule has 1 aromatic heterocycles. The molecule has 1 heterocycles. The van der Waals surface area contributed by atoms with Gasteiger partial charge in [0, 0.05) is 17.1 Å². The van der Waals surface area contributed by atoms with Crippen LogP contribution in [0.15, 0.2) is 60.8 Å². The first kappa shape index (κ1) is 15.2. The average Bonchev–Trinajstić information content (AvgIpc) is 2.60. The van der Waals surface area contributed by atoms with Crippen molar-refractivity contribution in [1.82, 2.24) is 4.98 Å². The van der Waals surface area contributed by atoms with Crippen molar-refractivity contribution in [3.05, 3.63) is 71.9 Å². The van der Waals surface area contributed by atoms with E-state index in [9.17, 15) is 9.90 Å². The molecule has 0 aliphatic carbocycles. The van der Waals surface area contributed by atoms with Crippen molar-refractivity contribution in [2.45, 2.75) is 12.6 Å². The van der Waals surface area contributed by atoms with E-state index in [4.69, 9.17) is 0 Å². The summed E-state index contributed by atoms with van der Waals surface area (Å²) in [5.41, 5.74) is -0.608. The van der Waals surface area contributed by atoms with E-state index in [0.29, 0.717) is 17.4 Å². The van der Waals surface area contributed by atoms with Gasteiger partial charge in [-0.15, -0.1) is 0 Å². The van der Waals surface area contributed by atoms with Crippen molar-refractivity contribution in [3.8, 4) is 5.75 Å². The third-order valence-electron chi connectivity index (χ3n) is 4.13. The van der Waals surface area contributed by atoms with Crippen molar-refractivity contribution in [3.63, 3.8) is 0 Å². The van der Waals surface area contributed by atoms with Gasteiger partial charge < -0.3 is 9.90 Å². The maximum atomic E-state index is 16.0. The molecule has 0 spiro atoms. The lowest BCUT2D eigenvalue weighted by Crippen LogP contribution is -2.31. The summed E-state index contributed by atoms with van der Waals surface area (Å²) in [5, 5.41) is 10.2. The molecular formula is C19H16FNO2. The molecule has 0 aliphatic rings. The normalized spacial score (nSPS) is 15.0. The minimum absolute atomic E-state index is 0.0477. The van der Waals surface area contributed by atoms with Crippen LogP contribution in [0, 0.1) is 5.92 Å². The van der Waals surface area contributed by atoms with E-state index in [1.165, 1.54) is 37.4 Å². The van der Waals surface area contributed by atoms with Crippen LogP contribution in [0.4, 0.5) is 4.39 Å². The van der Waals surface area contributed by atoms with Gasteiger partial charge in [-0.2, -0.15) is 0 Å². The maximum Gasteiger partial charge on any atom is 0.171 e. The van der Waals surface area contributed by atoms with E-state index < -0.39 is 11.6 Å².